The van der Waals surface area contributed by atoms with Crippen LogP contribution < -0.4 is 0 Å². The molecule has 0 aromatic rings. The van der Waals surface area contributed by atoms with Crippen molar-refractivity contribution in [3.05, 3.63) is 12.2 Å². The number of aliphatic hydroxyl groups excluding tert-OH is 3. The lowest BCUT2D eigenvalue weighted by Gasteiger charge is -2.09. The first-order valence-electron chi connectivity index (χ1n) is 10.5. The Morgan fingerprint density at radius 3 is 1.48 bits per heavy atom. The summed E-state index contributed by atoms with van der Waals surface area (Å²) in [6.45, 7) is 1.32. The fourth-order valence-electron chi connectivity index (χ4n) is 2.48. The average molecular weight is 390 g/mol. The maximum atomic E-state index is 10.3. The monoisotopic (exact) mass is 389 g/mol. The van der Waals surface area contributed by atoms with Crippen molar-refractivity contribution in [2.45, 2.75) is 96.8 Å². The summed E-state index contributed by atoms with van der Waals surface area (Å²) < 4.78 is 0. The summed E-state index contributed by atoms with van der Waals surface area (Å²) in [5.41, 5.74) is 0. The molecular formula is C21H43NO5. The van der Waals surface area contributed by atoms with Gasteiger partial charge in [-0.15, -0.1) is 0 Å². The summed E-state index contributed by atoms with van der Waals surface area (Å²) in [5, 5.41) is 32.9. The number of hydrogen-bond donors (Lipinski definition) is 4. The minimum Gasteiger partial charge on any atom is -0.481 e. The van der Waals surface area contributed by atoms with Gasteiger partial charge in [-0.1, -0.05) is 70.4 Å². The largest absolute Gasteiger partial charge is 0.481 e. The Morgan fingerprint density at radius 2 is 1.11 bits per heavy atom. The zero-order valence-electron chi connectivity index (χ0n) is 17.3. The fourth-order valence-corrected chi connectivity index (χ4v) is 2.48. The van der Waals surface area contributed by atoms with Crippen molar-refractivity contribution in [3.63, 3.8) is 0 Å². The predicted molar refractivity (Wildman–Crippen MR) is 110 cm³/mol. The molecule has 4 N–H and O–H groups in total. The van der Waals surface area contributed by atoms with Crippen LogP contribution in [0, 0.1) is 0 Å². The second-order valence-corrected chi connectivity index (χ2v) is 6.82. The van der Waals surface area contributed by atoms with E-state index >= 15 is 0 Å². The van der Waals surface area contributed by atoms with E-state index < -0.39 is 5.97 Å². The molecule has 27 heavy (non-hydrogen) atoms. The second-order valence-electron chi connectivity index (χ2n) is 6.82. The van der Waals surface area contributed by atoms with E-state index in [9.17, 15) is 4.79 Å². The minimum absolute atomic E-state index is 0.312. The number of carbonyl (C=O) groups is 1. The molecule has 0 heterocycles. The van der Waals surface area contributed by atoms with E-state index in [-0.39, 0.29) is 20.2 Å². The van der Waals surface area contributed by atoms with E-state index in [0.717, 1.165) is 17.7 Å². The van der Waals surface area contributed by atoms with Gasteiger partial charge < -0.3 is 20.4 Å². The summed E-state index contributed by atoms with van der Waals surface area (Å²) in [7, 11) is 0. The molecule has 0 aliphatic heterocycles. The van der Waals surface area contributed by atoms with Crippen molar-refractivity contribution >= 4 is 5.97 Å². The molecule has 0 rings (SSSR count). The number of allylic oxidation sites excluding steroid dienone is 2. The van der Waals surface area contributed by atoms with Gasteiger partial charge >= 0.3 is 5.97 Å². The normalized spacial score (nSPS) is 11.0. The molecule has 0 bridgehead atoms. The van der Waals surface area contributed by atoms with E-state index in [1.54, 1.807) is 0 Å². The number of unbranched alkanes of at least 4 members (excludes halogenated alkanes) is 11. The number of aliphatic hydroxyl groups is 3. The lowest BCUT2D eigenvalue weighted by atomic mass is 10.1. The number of rotatable bonds is 18. The average Bonchev–Trinajstić information content (AvgIpc) is 2.66. The van der Waals surface area contributed by atoms with Gasteiger partial charge in [0.15, 0.2) is 0 Å². The van der Waals surface area contributed by atoms with E-state index in [1.807, 2.05) is 0 Å². The van der Waals surface area contributed by atoms with Crippen molar-refractivity contribution in [2.24, 2.45) is 0 Å². The molecule has 0 radical (unpaired) electrons. The van der Waals surface area contributed by atoms with Gasteiger partial charge in [0.2, 0.25) is 0 Å². The van der Waals surface area contributed by atoms with Gasteiger partial charge in [-0.3, -0.25) is 4.79 Å². The molecule has 0 amide bonds. The molecule has 0 aliphatic rings. The van der Waals surface area contributed by atoms with Crippen LogP contribution in [0.25, 0.3) is 0 Å². The summed E-state index contributed by atoms with van der Waals surface area (Å²) in [6, 6.07) is 0. The molecule has 0 aromatic heterocycles. The van der Waals surface area contributed by atoms with Crippen LogP contribution in [0.2, 0.25) is 0 Å². The second kappa shape index (κ2) is 25.1. The van der Waals surface area contributed by atoms with Crippen LogP contribution in [0.1, 0.15) is 96.8 Å². The number of carboxylic acids is 1. The van der Waals surface area contributed by atoms with E-state index in [0.29, 0.717) is 6.42 Å². The van der Waals surface area contributed by atoms with E-state index in [4.69, 9.17) is 20.4 Å². The Balaban J connectivity index is 0. The minimum atomic E-state index is -0.664. The molecule has 0 spiro atoms. The summed E-state index contributed by atoms with van der Waals surface area (Å²) in [4.78, 5) is 11.4. The Morgan fingerprint density at radius 1 is 0.704 bits per heavy atom. The highest BCUT2D eigenvalue weighted by Gasteiger charge is 1.96. The zero-order valence-corrected chi connectivity index (χ0v) is 17.3. The van der Waals surface area contributed by atoms with Crippen LogP contribution in [-0.2, 0) is 4.79 Å². The Labute approximate surface area is 165 Å². The SMILES string of the molecule is CCCCCCCC/C=C\CCCCCCCC(=O)O.OCN(CO)CO. The van der Waals surface area contributed by atoms with Crippen LogP contribution in [0.5, 0.6) is 0 Å². The molecule has 0 fully saturated rings. The van der Waals surface area contributed by atoms with Crippen LogP contribution in [0.15, 0.2) is 12.2 Å². The molecule has 0 saturated heterocycles. The van der Waals surface area contributed by atoms with Gasteiger partial charge in [0.1, 0.15) is 0 Å². The topological polar surface area (TPSA) is 101 Å². The number of nitrogens with zero attached hydrogens (tertiary/aromatic N) is 1. The highest BCUT2D eigenvalue weighted by molar-refractivity contribution is 5.66. The van der Waals surface area contributed by atoms with Crippen molar-refractivity contribution in [1.82, 2.24) is 4.90 Å². The van der Waals surface area contributed by atoms with Crippen molar-refractivity contribution in [3.8, 4) is 0 Å². The zero-order chi connectivity index (χ0) is 20.6. The van der Waals surface area contributed by atoms with Gasteiger partial charge in [-0.2, -0.15) is 0 Å². The number of carboxylic acid groups (broad SMARTS) is 1. The number of hydrogen-bond acceptors (Lipinski definition) is 5. The Bertz CT molecular complexity index is 314. The van der Waals surface area contributed by atoms with E-state index in [2.05, 4.69) is 19.1 Å². The summed E-state index contributed by atoms with van der Waals surface area (Å²) >= 11 is 0. The Hall–Kier alpha value is -0.950. The van der Waals surface area contributed by atoms with Crippen LogP contribution in [-0.4, -0.2) is 51.5 Å². The molecule has 162 valence electrons. The molecule has 0 aromatic carbocycles. The van der Waals surface area contributed by atoms with Gasteiger partial charge in [0.05, 0.1) is 20.2 Å². The van der Waals surface area contributed by atoms with Crippen molar-refractivity contribution in [1.29, 1.82) is 0 Å². The molecule has 6 nitrogen and oxygen atoms in total. The maximum Gasteiger partial charge on any atom is 0.303 e. The molecule has 0 saturated carbocycles. The molecule has 0 aliphatic carbocycles. The highest BCUT2D eigenvalue weighted by Crippen LogP contribution is 2.09. The Kier molecular flexibility index (Phi) is 26.2. The van der Waals surface area contributed by atoms with Gasteiger partial charge in [-0.25, -0.2) is 4.90 Å². The van der Waals surface area contributed by atoms with Gasteiger partial charge in [0.25, 0.3) is 0 Å². The molecular weight excluding hydrogens is 346 g/mol. The highest BCUT2D eigenvalue weighted by atomic mass is 16.4. The van der Waals surface area contributed by atoms with Gasteiger partial charge in [-0.05, 0) is 32.1 Å². The lowest BCUT2D eigenvalue weighted by Crippen LogP contribution is -2.26. The third-order valence-electron chi connectivity index (χ3n) is 4.25. The predicted octanol–water partition coefficient (Wildman–Crippen LogP) is 4.25. The smallest absolute Gasteiger partial charge is 0.303 e. The van der Waals surface area contributed by atoms with Crippen LogP contribution >= 0.6 is 0 Å². The molecule has 6 heteroatoms. The van der Waals surface area contributed by atoms with Crippen LogP contribution in [0.3, 0.4) is 0 Å². The van der Waals surface area contributed by atoms with E-state index in [1.165, 1.54) is 70.6 Å². The fraction of sp³-hybridized carbons (Fsp3) is 0.857. The summed E-state index contributed by atoms with van der Waals surface area (Å²) in [5.74, 6) is -0.664. The van der Waals surface area contributed by atoms with Crippen molar-refractivity contribution in [2.75, 3.05) is 20.2 Å². The summed E-state index contributed by atoms with van der Waals surface area (Å²) in [6.07, 6.45) is 21.2. The third kappa shape index (κ3) is 27.4. The maximum absolute atomic E-state index is 10.3. The lowest BCUT2D eigenvalue weighted by molar-refractivity contribution is -0.137. The quantitative estimate of drug-likeness (QED) is 0.159. The van der Waals surface area contributed by atoms with Crippen LogP contribution in [0.4, 0.5) is 0 Å². The molecule has 0 atom stereocenters. The van der Waals surface area contributed by atoms with Gasteiger partial charge in [0, 0.05) is 6.42 Å². The standard InChI is InChI=1S/C18H34O2.C3H9NO3/c1-2-3-4-5-6-7-8-9-10-11-12-13-14-15-16-17-18(19)20;5-1-4(2-6)3-7/h9-10H,2-8,11-17H2,1H3,(H,19,20);5-7H,1-3H2/b10-9-;. The first-order valence-corrected chi connectivity index (χ1v) is 10.5. The first-order chi connectivity index (χ1) is 13.1. The molecule has 0 unspecified atom stereocenters. The van der Waals surface area contributed by atoms with Crippen molar-refractivity contribution < 1.29 is 25.2 Å². The third-order valence-corrected chi connectivity index (χ3v) is 4.25. The first kappa shape index (κ1) is 28.3. The number of aliphatic carboxylic acids is 1.